The van der Waals surface area contributed by atoms with Gasteiger partial charge in [0.2, 0.25) is 10.0 Å². The Labute approximate surface area is 139 Å². The van der Waals surface area contributed by atoms with Gasteiger partial charge in [-0.3, -0.25) is 9.10 Å². The number of sulfonamides is 1. The van der Waals surface area contributed by atoms with E-state index in [0.717, 1.165) is 5.56 Å². The minimum atomic E-state index is -3.31. The molecular formula is C16H15ClN2O3S. The Morgan fingerprint density at radius 3 is 2.52 bits per heavy atom. The number of nitrogens with one attached hydrogen (secondary N) is 1. The van der Waals surface area contributed by atoms with E-state index in [-0.39, 0.29) is 5.91 Å². The molecule has 1 amide bonds. The van der Waals surface area contributed by atoms with Gasteiger partial charge < -0.3 is 5.32 Å². The molecule has 1 aliphatic rings. The maximum absolute atomic E-state index is 12.2. The number of benzene rings is 2. The summed E-state index contributed by atoms with van der Waals surface area (Å²) in [5.41, 5.74) is 2.62. The lowest BCUT2D eigenvalue weighted by Crippen LogP contribution is -2.27. The number of hydrogen-bond acceptors (Lipinski definition) is 3. The van der Waals surface area contributed by atoms with Gasteiger partial charge in [0.1, 0.15) is 0 Å². The van der Waals surface area contributed by atoms with Gasteiger partial charge in [-0.15, -0.1) is 0 Å². The van der Waals surface area contributed by atoms with E-state index in [4.69, 9.17) is 11.6 Å². The van der Waals surface area contributed by atoms with E-state index in [2.05, 4.69) is 5.32 Å². The van der Waals surface area contributed by atoms with Crippen molar-refractivity contribution in [3.63, 3.8) is 0 Å². The molecule has 120 valence electrons. The minimum absolute atomic E-state index is 0.273. The molecule has 0 bridgehead atoms. The SMILES string of the molecule is CS(=O)(=O)N1CCc2ccc(NC(=O)c3ccc(Cl)cc3)cc21. The largest absolute Gasteiger partial charge is 0.322 e. The van der Waals surface area contributed by atoms with Crippen molar-refractivity contribution in [2.45, 2.75) is 6.42 Å². The van der Waals surface area contributed by atoms with E-state index in [0.29, 0.717) is 34.9 Å². The number of fused-ring (bicyclic) bond motifs is 1. The first-order valence-corrected chi connectivity index (χ1v) is 9.25. The number of nitrogens with zero attached hydrogens (tertiary/aromatic N) is 1. The summed E-state index contributed by atoms with van der Waals surface area (Å²) in [5, 5.41) is 3.33. The Balaban J connectivity index is 1.85. The topological polar surface area (TPSA) is 66.5 Å². The molecule has 1 heterocycles. The molecule has 0 aliphatic carbocycles. The van der Waals surface area contributed by atoms with Crippen molar-refractivity contribution in [1.82, 2.24) is 0 Å². The van der Waals surface area contributed by atoms with Gasteiger partial charge in [0.25, 0.3) is 5.91 Å². The summed E-state index contributed by atoms with van der Waals surface area (Å²) in [6.45, 7) is 0.433. The molecule has 0 fully saturated rings. The molecule has 1 N–H and O–H groups in total. The number of anilines is 2. The van der Waals surface area contributed by atoms with Crippen LogP contribution in [-0.4, -0.2) is 27.1 Å². The zero-order valence-electron chi connectivity index (χ0n) is 12.4. The van der Waals surface area contributed by atoms with Crippen molar-refractivity contribution < 1.29 is 13.2 Å². The van der Waals surface area contributed by atoms with Crippen molar-refractivity contribution in [1.29, 1.82) is 0 Å². The third-order valence-corrected chi connectivity index (χ3v) is 5.13. The molecule has 0 aromatic heterocycles. The van der Waals surface area contributed by atoms with Crippen LogP contribution in [0.4, 0.5) is 11.4 Å². The van der Waals surface area contributed by atoms with E-state index in [9.17, 15) is 13.2 Å². The highest BCUT2D eigenvalue weighted by molar-refractivity contribution is 7.92. The Bertz CT molecular complexity index is 863. The second-order valence-corrected chi connectivity index (χ2v) is 7.73. The molecule has 0 saturated heterocycles. The fraction of sp³-hybridized carbons (Fsp3) is 0.188. The van der Waals surface area contributed by atoms with Crippen LogP contribution in [0.2, 0.25) is 5.02 Å². The summed E-state index contributed by atoms with van der Waals surface area (Å²) in [4.78, 5) is 12.2. The highest BCUT2D eigenvalue weighted by Crippen LogP contribution is 2.32. The highest BCUT2D eigenvalue weighted by Gasteiger charge is 2.26. The highest BCUT2D eigenvalue weighted by atomic mass is 35.5. The summed E-state index contributed by atoms with van der Waals surface area (Å²) in [6.07, 6.45) is 1.86. The summed E-state index contributed by atoms with van der Waals surface area (Å²) in [7, 11) is -3.31. The molecule has 1 aliphatic heterocycles. The molecule has 2 aromatic rings. The number of carbonyl (C=O) groups is 1. The summed E-state index contributed by atoms with van der Waals surface area (Å²) < 4.78 is 25.0. The van der Waals surface area contributed by atoms with Gasteiger partial charge in [0.15, 0.2) is 0 Å². The zero-order chi connectivity index (χ0) is 16.6. The van der Waals surface area contributed by atoms with Crippen molar-refractivity contribution >= 4 is 38.9 Å². The Kier molecular flexibility index (Phi) is 4.04. The van der Waals surface area contributed by atoms with Crippen molar-refractivity contribution in [2.24, 2.45) is 0 Å². The molecule has 0 spiro atoms. The molecule has 0 saturated carbocycles. The lowest BCUT2D eigenvalue weighted by Gasteiger charge is -2.17. The van der Waals surface area contributed by atoms with E-state index in [1.165, 1.54) is 10.6 Å². The van der Waals surface area contributed by atoms with Crippen LogP contribution >= 0.6 is 11.6 Å². The van der Waals surface area contributed by atoms with Crippen LogP contribution in [-0.2, 0) is 16.4 Å². The molecule has 2 aromatic carbocycles. The number of carbonyl (C=O) groups excluding carboxylic acids is 1. The Morgan fingerprint density at radius 2 is 1.87 bits per heavy atom. The maximum atomic E-state index is 12.2. The van der Waals surface area contributed by atoms with Crippen LogP contribution in [0.1, 0.15) is 15.9 Å². The molecule has 0 radical (unpaired) electrons. The van der Waals surface area contributed by atoms with E-state index in [1.54, 1.807) is 36.4 Å². The number of amides is 1. The predicted octanol–water partition coefficient (Wildman–Crippen LogP) is 2.91. The molecular weight excluding hydrogens is 336 g/mol. The van der Waals surface area contributed by atoms with Gasteiger partial charge in [-0.1, -0.05) is 17.7 Å². The maximum Gasteiger partial charge on any atom is 0.255 e. The van der Waals surface area contributed by atoms with Crippen LogP contribution in [0.5, 0.6) is 0 Å². The second-order valence-electron chi connectivity index (χ2n) is 5.39. The second kappa shape index (κ2) is 5.86. The van der Waals surface area contributed by atoms with Gasteiger partial charge in [0, 0.05) is 22.8 Å². The number of rotatable bonds is 3. The van der Waals surface area contributed by atoms with Crippen LogP contribution in [0.3, 0.4) is 0 Å². The van der Waals surface area contributed by atoms with Crippen LogP contribution in [0, 0.1) is 0 Å². The van der Waals surface area contributed by atoms with E-state index >= 15 is 0 Å². The first-order chi connectivity index (χ1) is 10.8. The third kappa shape index (κ3) is 3.33. The van der Waals surface area contributed by atoms with Crippen molar-refractivity contribution in [3.05, 3.63) is 58.6 Å². The van der Waals surface area contributed by atoms with Crippen LogP contribution in [0.25, 0.3) is 0 Å². The standard InChI is InChI=1S/C16H15ClN2O3S/c1-23(21,22)19-9-8-11-4-7-14(10-15(11)19)18-16(20)12-2-5-13(17)6-3-12/h2-7,10H,8-9H2,1H3,(H,18,20). The van der Waals surface area contributed by atoms with Gasteiger partial charge in [-0.25, -0.2) is 8.42 Å². The minimum Gasteiger partial charge on any atom is -0.322 e. The van der Waals surface area contributed by atoms with Crippen LogP contribution < -0.4 is 9.62 Å². The monoisotopic (exact) mass is 350 g/mol. The van der Waals surface area contributed by atoms with E-state index < -0.39 is 10.0 Å². The fourth-order valence-electron chi connectivity index (χ4n) is 2.58. The van der Waals surface area contributed by atoms with Gasteiger partial charge >= 0.3 is 0 Å². The first-order valence-electron chi connectivity index (χ1n) is 7.02. The molecule has 5 nitrogen and oxygen atoms in total. The Hall–Kier alpha value is -2.05. The molecule has 0 unspecified atom stereocenters. The quantitative estimate of drug-likeness (QED) is 0.925. The number of halogens is 1. The van der Waals surface area contributed by atoms with Gasteiger partial charge in [-0.2, -0.15) is 0 Å². The molecule has 3 rings (SSSR count). The van der Waals surface area contributed by atoms with Crippen LogP contribution in [0.15, 0.2) is 42.5 Å². The molecule has 0 atom stereocenters. The third-order valence-electron chi connectivity index (χ3n) is 3.70. The average molecular weight is 351 g/mol. The number of hydrogen-bond donors (Lipinski definition) is 1. The lowest BCUT2D eigenvalue weighted by atomic mass is 10.1. The van der Waals surface area contributed by atoms with Gasteiger partial charge in [-0.05, 0) is 48.4 Å². The molecule has 7 heteroatoms. The molecule has 23 heavy (non-hydrogen) atoms. The summed E-state index contributed by atoms with van der Waals surface area (Å²) >= 11 is 5.81. The van der Waals surface area contributed by atoms with E-state index in [1.807, 2.05) is 6.07 Å². The Morgan fingerprint density at radius 1 is 1.17 bits per heavy atom. The van der Waals surface area contributed by atoms with Gasteiger partial charge in [0.05, 0.1) is 11.9 Å². The summed E-state index contributed by atoms with van der Waals surface area (Å²) in [5.74, 6) is -0.273. The zero-order valence-corrected chi connectivity index (χ0v) is 14.0. The average Bonchev–Trinajstić information content (AvgIpc) is 2.91. The fourth-order valence-corrected chi connectivity index (χ4v) is 3.65. The summed E-state index contributed by atoms with van der Waals surface area (Å²) in [6, 6.07) is 11.9. The lowest BCUT2D eigenvalue weighted by molar-refractivity contribution is 0.102. The predicted molar refractivity (Wildman–Crippen MR) is 91.7 cm³/mol. The van der Waals surface area contributed by atoms with Crippen molar-refractivity contribution in [2.75, 3.05) is 22.4 Å². The first kappa shape index (κ1) is 15.8. The van der Waals surface area contributed by atoms with Crippen molar-refractivity contribution in [3.8, 4) is 0 Å². The smallest absolute Gasteiger partial charge is 0.255 e. The normalized spacial score (nSPS) is 13.7.